The van der Waals surface area contributed by atoms with E-state index in [1.54, 1.807) is 12.3 Å². The number of carboxylic acid groups (broad SMARTS) is 1. The SMILES string of the molecule is CC(C)(C)C(c1cc(-c2cc(F)ccc2F)cn1Cc1ccccc1)N(CCC(N)C(=O)NCCNC(=O)CNC(=O)CC1SCC(C(=O)O)NC1=O)C(=O)CO. The molecule has 15 nitrogen and oxygen atoms in total. The fourth-order valence-corrected chi connectivity index (χ4v) is 7.53. The number of hydrogen-bond donors (Lipinski definition) is 7. The van der Waals surface area contributed by atoms with Crippen LogP contribution in [0.4, 0.5) is 8.78 Å². The first-order valence-electron chi connectivity index (χ1n) is 18.3. The Kier molecular flexibility index (Phi) is 15.7. The van der Waals surface area contributed by atoms with Gasteiger partial charge in [-0.25, -0.2) is 13.6 Å². The molecule has 1 aliphatic rings. The Bertz CT molecular complexity index is 1920. The second kappa shape index (κ2) is 20.2. The third-order valence-corrected chi connectivity index (χ3v) is 10.5. The minimum atomic E-state index is -1.17. The lowest BCUT2D eigenvalue weighted by Crippen LogP contribution is -2.51. The smallest absolute Gasteiger partial charge is 0.327 e. The van der Waals surface area contributed by atoms with Crippen LogP contribution in [0.2, 0.25) is 0 Å². The van der Waals surface area contributed by atoms with Crippen LogP contribution >= 0.6 is 11.8 Å². The van der Waals surface area contributed by atoms with Gasteiger partial charge in [0.1, 0.15) is 24.3 Å². The third kappa shape index (κ3) is 12.6. The van der Waals surface area contributed by atoms with E-state index in [-0.39, 0.29) is 50.3 Å². The zero-order chi connectivity index (χ0) is 41.9. The number of nitrogens with one attached hydrogen (secondary N) is 4. The van der Waals surface area contributed by atoms with Crippen LogP contribution in [0.5, 0.6) is 0 Å². The number of aliphatic carboxylic acids is 1. The van der Waals surface area contributed by atoms with Gasteiger partial charge in [0.25, 0.3) is 0 Å². The van der Waals surface area contributed by atoms with Gasteiger partial charge in [-0.15, -0.1) is 11.8 Å². The first kappa shape index (κ1) is 44.4. The number of aliphatic hydroxyl groups excluding tert-OH is 1. The van der Waals surface area contributed by atoms with E-state index in [0.717, 1.165) is 35.5 Å². The number of rotatable bonds is 18. The summed E-state index contributed by atoms with van der Waals surface area (Å²) in [5, 5.41) is 28.2. The van der Waals surface area contributed by atoms with Crippen molar-refractivity contribution in [1.29, 1.82) is 0 Å². The van der Waals surface area contributed by atoms with E-state index >= 15 is 4.39 Å². The maximum Gasteiger partial charge on any atom is 0.327 e. The van der Waals surface area contributed by atoms with Gasteiger partial charge in [-0.05, 0) is 41.7 Å². The standard InChI is InChI=1S/C39H49F2N7O8S/c1-39(2,3)35(30-15-24(26-16-25(40)9-10-27(26)41)20-47(30)19-23-7-5-4-6-8-23)48(34(52)21-49)14-11-28(42)36(53)44-13-12-43-33(51)18-45-32(50)17-31-37(54)46-29(22-57-31)38(55)56/h4-10,15-16,20,28-29,31,35,49H,11-14,17-19,21-22,42H2,1-3H3,(H,43,51)(H,44,53)(H,45,50)(H,46,54)(H,55,56). The molecule has 4 rings (SSSR count). The summed E-state index contributed by atoms with van der Waals surface area (Å²) in [6, 6.07) is 11.5. The van der Waals surface area contributed by atoms with Crippen LogP contribution in [0.15, 0.2) is 60.8 Å². The Morgan fingerprint density at radius 3 is 2.37 bits per heavy atom. The van der Waals surface area contributed by atoms with Crippen LogP contribution in [0.25, 0.3) is 11.1 Å². The van der Waals surface area contributed by atoms with E-state index in [1.807, 2.05) is 55.7 Å². The molecule has 4 atom stereocenters. The zero-order valence-corrected chi connectivity index (χ0v) is 32.7. The molecule has 0 saturated carbocycles. The molecule has 3 aromatic rings. The summed E-state index contributed by atoms with van der Waals surface area (Å²) in [7, 11) is 0. The van der Waals surface area contributed by atoms with Crippen molar-refractivity contribution in [2.75, 3.05) is 38.5 Å². The quantitative estimate of drug-likeness (QED) is 0.0918. The molecule has 1 aliphatic heterocycles. The number of carbonyl (C=O) groups is 6. The molecule has 1 fully saturated rings. The van der Waals surface area contributed by atoms with E-state index in [0.29, 0.717) is 17.8 Å². The van der Waals surface area contributed by atoms with Crippen molar-refractivity contribution in [3.8, 4) is 11.1 Å². The maximum atomic E-state index is 15.0. The van der Waals surface area contributed by atoms with Gasteiger partial charge in [-0.3, -0.25) is 24.0 Å². The van der Waals surface area contributed by atoms with Gasteiger partial charge in [0.15, 0.2) is 0 Å². The summed E-state index contributed by atoms with van der Waals surface area (Å²) in [5.41, 5.74) is 7.50. The zero-order valence-electron chi connectivity index (χ0n) is 31.9. The second-order valence-electron chi connectivity index (χ2n) is 14.6. The van der Waals surface area contributed by atoms with E-state index in [1.165, 1.54) is 4.90 Å². The summed E-state index contributed by atoms with van der Waals surface area (Å²) < 4.78 is 31.2. The predicted octanol–water partition coefficient (Wildman–Crippen LogP) is 1.53. The molecule has 308 valence electrons. The average molecular weight is 814 g/mol. The fourth-order valence-electron chi connectivity index (χ4n) is 6.39. The van der Waals surface area contributed by atoms with Gasteiger partial charge in [0.05, 0.1) is 23.9 Å². The third-order valence-electron chi connectivity index (χ3n) is 9.19. The van der Waals surface area contributed by atoms with Crippen LogP contribution in [-0.4, -0.2) is 111 Å². The fraction of sp³-hybridized carbons (Fsp3) is 0.436. The number of carbonyl (C=O) groups excluding carboxylic acids is 5. The summed E-state index contributed by atoms with van der Waals surface area (Å²) in [6.07, 6.45) is 1.45. The number of thioether (sulfide) groups is 1. The van der Waals surface area contributed by atoms with Gasteiger partial charge in [0.2, 0.25) is 29.5 Å². The highest BCUT2D eigenvalue weighted by molar-refractivity contribution is 8.00. The highest BCUT2D eigenvalue weighted by Gasteiger charge is 2.38. The van der Waals surface area contributed by atoms with Crippen molar-refractivity contribution in [3.05, 3.63) is 83.7 Å². The molecule has 5 amide bonds. The van der Waals surface area contributed by atoms with E-state index < -0.39 is 82.5 Å². The summed E-state index contributed by atoms with van der Waals surface area (Å²) in [6.45, 7) is 4.75. The second-order valence-corrected chi connectivity index (χ2v) is 15.9. The van der Waals surface area contributed by atoms with Crippen molar-refractivity contribution in [3.63, 3.8) is 0 Å². The summed E-state index contributed by atoms with van der Waals surface area (Å²) in [4.78, 5) is 75.5. The van der Waals surface area contributed by atoms with E-state index in [9.17, 15) is 38.3 Å². The molecule has 1 aromatic heterocycles. The van der Waals surface area contributed by atoms with Gasteiger partial charge in [-0.1, -0.05) is 51.1 Å². The first-order chi connectivity index (χ1) is 27.0. The maximum absolute atomic E-state index is 15.0. The van der Waals surface area contributed by atoms with Gasteiger partial charge in [0, 0.05) is 61.4 Å². The average Bonchev–Trinajstić information content (AvgIpc) is 3.57. The van der Waals surface area contributed by atoms with Crippen molar-refractivity contribution >= 4 is 47.3 Å². The molecule has 0 aliphatic carbocycles. The number of aromatic nitrogens is 1. The number of nitrogens with zero attached hydrogens (tertiary/aromatic N) is 2. The Hall–Kier alpha value is -5.33. The van der Waals surface area contributed by atoms with Gasteiger partial charge >= 0.3 is 5.97 Å². The molecule has 8 N–H and O–H groups in total. The summed E-state index contributed by atoms with van der Waals surface area (Å²) in [5.74, 6) is -5.19. The minimum Gasteiger partial charge on any atom is -0.480 e. The Morgan fingerprint density at radius 2 is 1.72 bits per heavy atom. The number of carboxylic acids is 1. The van der Waals surface area contributed by atoms with Crippen LogP contribution in [0, 0.1) is 17.0 Å². The molecule has 57 heavy (non-hydrogen) atoms. The van der Waals surface area contributed by atoms with Gasteiger partial charge in [-0.2, -0.15) is 0 Å². The highest BCUT2D eigenvalue weighted by atomic mass is 32.2. The number of hydrogen-bond acceptors (Lipinski definition) is 9. The topological polar surface area (TPSA) is 225 Å². The number of aliphatic hydroxyl groups is 1. The molecule has 1 saturated heterocycles. The van der Waals surface area contributed by atoms with Crippen molar-refractivity contribution in [1.82, 2.24) is 30.7 Å². The molecule has 2 aromatic carbocycles. The minimum absolute atomic E-state index is 0.00150. The summed E-state index contributed by atoms with van der Waals surface area (Å²) >= 11 is 1.04. The van der Waals surface area contributed by atoms with Crippen LogP contribution < -0.4 is 27.0 Å². The molecule has 18 heteroatoms. The molecule has 4 unspecified atom stereocenters. The van der Waals surface area contributed by atoms with Crippen molar-refractivity contribution in [2.45, 2.75) is 63.5 Å². The highest BCUT2D eigenvalue weighted by Crippen LogP contribution is 2.41. The Morgan fingerprint density at radius 1 is 1.02 bits per heavy atom. The largest absolute Gasteiger partial charge is 0.480 e. The monoisotopic (exact) mass is 813 g/mol. The van der Waals surface area contributed by atoms with Crippen LogP contribution in [-0.2, 0) is 35.3 Å². The predicted molar refractivity (Wildman–Crippen MR) is 208 cm³/mol. The first-order valence-corrected chi connectivity index (χ1v) is 19.3. The van der Waals surface area contributed by atoms with E-state index in [4.69, 9.17) is 10.8 Å². The number of amides is 5. The molecular weight excluding hydrogens is 765 g/mol. The Balaban J connectivity index is 1.36. The number of benzene rings is 2. The Labute approximate surface area is 333 Å². The normalized spacial score (nSPS) is 16.5. The molecule has 2 heterocycles. The van der Waals surface area contributed by atoms with Crippen molar-refractivity contribution < 1.29 is 47.8 Å². The lowest BCUT2D eigenvalue weighted by atomic mass is 9.82. The number of halogens is 2. The van der Waals surface area contributed by atoms with Crippen molar-refractivity contribution in [2.24, 2.45) is 11.1 Å². The molecule has 0 spiro atoms. The van der Waals surface area contributed by atoms with Crippen LogP contribution in [0.1, 0.15) is 50.9 Å². The molecular formula is C39H49F2N7O8S. The molecule has 0 bridgehead atoms. The van der Waals surface area contributed by atoms with E-state index in [2.05, 4.69) is 21.3 Å². The number of nitrogens with two attached hydrogens (primary N) is 1. The lowest BCUT2D eigenvalue weighted by molar-refractivity contribution is -0.141. The molecule has 0 radical (unpaired) electrons. The van der Waals surface area contributed by atoms with Crippen LogP contribution in [0.3, 0.4) is 0 Å². The lowest BCUT2D eigenvalue weighted by Gasteiger charge is -2.41. The van der Waals surface area contributed by atoms with Gasteiger partial charge < -0.3 is 46.7 Å².